The predicted molar refractivity (Wildman–Crippen MR) is 62.6 cm³/mol. The number of ether oxygens (including phenoxy) is 1. The van der Waals surface area contributed by atoms with Gasteiger partial charge < -0.3 is 10.1 Å². The molecule has 1 aromatic rings. The molecule has 6 heteroatoms. The fraction of sp³-hybridized carbons (Fsp3) is 0.455. The fourth-order valence-corrected chi connectivity index (χ4v) is 1.33. The SMILES string of the molecule is CC(C)OCCNC(=O)c1cc(F)cnc1Cl. The van der Waals surface area contributed by atoms with Crippen LogP contribution in [0.15, 0.2) is 12.3 Å². The number of hydrogen-bond donors (Lipinski definition) is 1. The molecule has 0 spiro atoms. The first kappa shape index (κ1) is 13.9. The summed E-state index contributed by atoms with van der Waals surface area (Å²) in [6, 6.07) is 1.05. The Morgan fingerprint density at radius 1 is 1.65 bits per heavy atom. The van der Waals surface area contributed by atoms with Crippen molar-refractivity contribution < 1.29 is 13.9 Å². The van der Waals surface area contributed by atoms with Crippen molar-refractivity contribution in [1.29, 1.82) is 0 Å². The van der Waals surface area contributed by atoms with Crippen molar-refractivity contribution in [2.45, 2.75) is 20.0 Å². The normalized spacial score (nSPS) is 10.6. The number of carbonyl (C=O) groups excluding carboxylic acids is 1. The highest BCUT2D eigenvalue weighted by molar-refractivity contribution is 6.32. The first-order valence-electron chi connectivity index (χ1n) is 5.21. The molecule has 1 N–H and O–H groups in total. The second-order valence-corrected chi connectivity index (χ2v) is 4.03. The molecule has 0 aliphatic heterocycles. The maximum atomic E-state index is 12.9. The van der Waals surface area contributed by atoms with E-state index in [2.05, 4.69) is 10.3 Å². The number of carbonyl (C=O) groups is 1. The summed E-state index contributed by atoms with van der Waals surface area (Å²) in [5.74, 6) is -1.06. The van der Waals surface area contributed by atoms with Crippen LogP contribution in [0.25, 0.3) is 0 Å². The van der Waals surface area contributed by atoms with Crippen LogP contribution in [0, 0.1) is 5.82 Å². The van der Waals surface area contributed by atoms with Crippen LogP contribution in [0.3, 0.4) is 0 Å². The van der Waals surface area contributed by atoms with Gasteiger partial charge in [0.15, 0.2) is 0 Å². The van der Waals surface area contributed by atoms with E-state index < -0.39 is 11.7 Å². The first-order valence-corrected chi connectivity index (χ1v) is 5.59. The number of rotatable bonds is 5. The van der Waals surface area contributed by atoms with Crippen LogP contribution < -0.4 is 5.32 Å². The smallest absolute Gasteiger partial charge is 0.254 e. The van der Waals surface area contributed by atoms with Gasteiger partial charge in [-0.05, 0) is 19.9 Å². The fourth-order valence-electron chi connectivity index (χ4n) is 1.14. The van der Waals surface area contributed by atoms with Gasteiger partial charge in [0.1, 0.15) is 11.0 Å². The molecular weight excluding hydrogens is 247 g/mol. The van der Waals surface area contributed by atoms with Gasteiger partial charge in [0, 0.05) is 6.54 Å². The van der Waals surface area contributed by atoms with E-state index in [0.717, 1.165) is 12.3 Å². The van der Waals surface area contributed by atoms with E-state index in [1.165, 1.54) is 0 Å². The molecule has 0 radical (unpaired) electrons. The zero-order valence-electron chi connectivity index (χ0n) is 9.67. The Balaban J connectivity index is 2.49. The van der Waals surface area contributed by atoms with Gasteiger partial charge in [-0.2, -0.15) is 0 Å². The lowest BCUT2D eigenvalue weighted by molar-refractivity contribution is 0.0746. The highest BCUT2D eigenvalue weighted by Gasteiger charge is 2.12. The molecule has 94 valence electrons. The van der Waals surface area contributed by atoms with E-state index in [-0.39, 0.29) is 16.8 Å². The summed E-state index contributed by atoms with van der Waals surface area (Å²) < 4.78 is 18.1. The maximum absolute atomic E-state index is 12.9. The van der Waals surface area contributed by atoms with Gasteiger partial charge in [0.25, 0.3) is 5.91 Å². The molecule has 0 saturated heterocycles. The molecule has 4 nitrogen and oxygen atoms in total. The summed E-state index contributed by atoms with van der Waals surface area (Å²) in [7, 11) is 0. The maximum Gasteiger partial charge on any atom is 0.254 e. The molecule has 0 aliphatic carbocycles. The third kappa shape index (κ3) is 4.66. The average Bonchev–Trinajstić information content (AvgIpc) is 2.27. The van der Waals surface area contributed by atoms with Crippen molar-refractivity contribution in [3.05, 3.63) is 28.8 Å². The quantitative estimate of drug-likeness (QED) is 0.651. The molecule has 0 saturated carbocycles. The van der Waals surface area contributed by atoms with Crippen LogP contribution in [0.4, 0.5) is 4.39 Å². The number of pyridine rings is 1. The van der Waals surface area contributed by atoms with E-state index in [9.17, 15) is 9.18 Å². The van der Waals surface area contributed by atoms with Crippen LogP contribution in [-0.4, -0.2) is 30.1 Å². The minimum Gasteiger partial charge on any atom is -0.377 e. The summed E-state index contributed by atoms with van der Waals surface area (Å²) in [4.78, 5) is 15.2. The second kappa shape index (κ2) is 6.51. The number of nitrogens with one attached hydrogen (secondary N) is 1. The number of hydrogen-bond acceptors (Lipinski definition) is 3. The van der Waals surface area contributed by atoms with Gasteiger partial charge in [-0.15, -0.1) is 0 Å². The second-order valence-electron chi connectivity index (χ2n) is 3.67. The molecular formula is C11H14ClFN2O2. The van der Waals surface area contributed by atoms with Gasteiger partial charge in [-0.1, -0.05) is 11.6 Å². The van der Waals surface area contributed by atoms with Crippen molar-refractivity contribution in [3.8, 4) is 0 Å². The summed E-state index contributed by atoms with van der Waals surface area (Å²) in [6.45, 7) is 4.53. The van der Waals surface area contributed by atoms with Crippen molar-refractivity contribution in [1.82, 2.24) is 10.3 Å². The summed E-state index contributed by atoms with van der Waals surface area (Å²) in [5.41, 5.74) is 0.0243. The van der Waals surface area contributed by atoms with E-state index in [1.54, 1.807) is 0 Å². The summed E-state index contributed by atoms with van der Waals surface area (Å²) in [6.07, 6.45) is 1.06. The molecule has 0 bridgehead atoms. The number of nitrogens with zero attached hydrogens (tertiary/aromatic N) is 1. The van der Waals surface area contributed by atoms with Crippen molar-refractivity contribution in [2.75, 3.05) is 13.2 Å². The van der Waals surface area contributed by atoms with Crippen molar-refractivity contribution >= 4 is 17.5 Å². The molecule has 0 aliphatic rings. The van der Waals surface area contributed by atoms with Crippen molar-refractivity contribution in [3.63, 3.8) is 0 Å². The van der Waals surface area contributed by atoms with Crippen LogP contribution in [0.1, 0.15) is 24.2 Å². The molecule has 0 atom stereocenters. The monoisotopic (exact) mass is 260 g/mol. The predicted octanol–water partition coefficient (Wildman–Crippen LogP) is 2.03. The molecule has 17 heavy (non-hydrogen) atoms. The summed E-state index contributed by atoms with van der Waals surface area (Å²) in [5, 5.41) is 2.55. The molecule has 0 unspecified atom stereocenters. The zero-order valence-corrected chi connectivity index (χ0v) is 10.4. The Hall–Kier alpha value is -1.20. The molecule has 1 aromatic heterocycles. The minimum absolute atomic E-state index is 0.0197. The topological polar surface area (TPSA) is 51.2 Å². The standard InChI is InChI=1S/C11H14ClFN2O2/c1-7(2)17-4-3-14-11(16)9-5-8(13)6-15-10(9)12/h5-7H,3-4H2,1-2H3,(H,14,16). The van der Waals surface area contributed by atoms with E-state index in [1.807, 2.05) is 13.8 Å². The Labute approximate surface area is 104 Å². The molecule has 1 amide bonds. The highest BCUT2D eigenvalue weighted by Crippen LogP contribution is 2.13. The Bertz CT molecular complexity index is 399. The van der Waals surface area contributed by atoms with E-state index in [0.29, 0.717) is 13.2 Å². The Morgan fingerprint density at radius 2 is 2.35 bits per heavy atom. The third-order valence-electron chi connectivity index (χ3n) is 1.89. The van der Waals surface area contributed by atoms with Crippen LogP contribution in [0.5, 0.6) is 0 Å². The lowest BCUT2D eigenvalue weighted by atomic mass is 10.2. The highest BCUT2D eigenvalue weighted by atomic mass is 35.5. The largest absolute Gasteiger partial charge is 0.377 e. The lowest BCUT2D eigenvalue weighted by Gasteiger charge is -2.09. The van der Waals surface area contributed by atoms with E-state index >= 15 is 0 Å². The van der Waals surface area contributed by atoms with Gasteiger partial charge >= 0.3 is 0 Å². The average molecular weight is 261 g/mol. The molecule has 1 rings (SSSR count). The van der Waals surface area contributed by atoms with Gasteiger partial charge in [0.05, 0.1) is 24.5 Å². The molecule has 0 fully saturated rings. The summed E-state index contributed by atoms with van der Waals surface area (Å²) >= 11 is 5.68. The van der Waals surface area contributed by atoms with Crippen LogP contribution in [0.2, 0.25) is 5.15 Å². The number of halogens is 2. The first-order chi connectivity index (χ1) is 8.00. The Kier molecular flexibility index (Phi) is 5.31. The minimum atomic E-state index is -0.599. The zero-order chi connectivity index (χ0) is 12.8. The molecule has 1 heterocycles. The third-order valence-corrected chi connectivity index (χ3v) is 2.19. The lowest BCUT2D eigenvalue weighted by Crippen LogP contribution is -2.28. The van der Waals surface area contributed by atoms with Crippen LogP contribution in [-0.2, 0) is 4.74 Å². The van der Waals surface area contributed by atoms with Crippen molar-refractivity contribution in [2.24, 2.45) is 0 Å². The molecule has 0 aromatic carbocycles. The van der Waals surface area contributed by atoms with Gasteiger partial charge in [0.2, 0.25) is 0 Å². The van der Waals surface area contributed by atoms with E-state index in [4.69, 9.17) is 16.3 Å². The number of amides is 1. The van der Waals surface area contributed by atoms with Crippen LogP contribution >= 0.6 is 11.6 Å². The number of aromatic nitrogens is 1. The van der Waals surface area contributed by atoms with Gasteiger partial charge in [-0.3, -0.25) is 4.79 Å². The Morgan fingerprint density at radius 3 is 3.00 bits per heavy atom. The van der Waals surface area contributed by atoms with Gasteiger partial charge in [-0.25, -0.2) is 9.37 Å².